The minimum absolute atomic E-state index is 0.628. The molecule has 21 heavy (non-hydrogen) atoms. The quantitative estimate of drug-likeness (QED) is 0.928. The number of aliphatic carboxylic acids is 1. The molecule has 2 aliphatic rings. The van der Waals surface area contributed by atoms with Gasteiger partial charge in [-0.25, -0.2) is 0 Å². The molecule has 1 N–H and O–H groups in total. The molecule has 2 heterocycles. The van der Waals surface area contributed by atoms with Crippen LogP contribution in [0.4, 0.5) is 5.69 Å². The Balaban J connectivity index is 1.72. The first-order valence-corrected chi connectivity index (χ1v) is 8.01. The first kappa shape index (κ1) is 14.4. The Morgan fingerprint density at radius 1 is 0.952 bits per heavy atom. The van der Waals surface area contributed by atoms with E-state index >= 15 is 0 Å². The van der Waals surface area contributed by atoms with Gasteiger partial charge in [0.15, 0.2) is 0 Å². The summed E-state index contributed by atoms with van der Waals surface area (Å²) in [5, 5.41) is 9.84. The Bertz CT molecular complexity index is 475. The van der Waals surface area contributed by atoms with Crippen LogP contribution in [-0.4, -0.2) is 47.7 Å². The molecule has 0 aliphatic carbocycles. The van der Waals surface area contributed by atoms with Crippen LogP contribution < -0.4 is 4.90 Å². The highest BCUT2D eigenvalue weighted by Crippen LogP contribution is 2.33. The second-order valence-corrected chi connectivity index (χ2v) is 6.21. The Hall–Kier alpha value is -1.55. The van der Waals surface area contributed by atoms with Crippen molar-refractivity contribution in [2.45, 2.75) is 37.6 Å². The van der Waals surface area contributed by atoms with Crippen LogP contribution in [0.2, 0.25) is 0 Å². The molecule has 0 unspecified atom stereocenters. The second-order valence-electron chi connectivity index (χ2n) is 6.21. The predicted octanol–water partition coefficient (Wildman–Crippen LogP) is 2.60. The van der Waals surface area contributed by atoms with Crippen molar-refractivity contribution in [1.29, 1.82) is 0 Å². The van der Waals surface area contributed by atoms with Crippen LogP contribution in [-0.2, 0) is 4.79 Å². The van der Waals surface area contributed by atoms with Crippen LogP contribution >= 0.6 is 0 Å². The van der Waals surface area contributed by atoms with Crippen molar-refractivity contribution in [3.05, 3.63) is 30.3 Å². The van der Waals surface area contributed by atoms with Gasteiger partial charge in [-0.1, -0.05) is 24.6 Å². The van der Waals surface area contributed by atoms with E-state index in [0.717, 1.165) is 51.9 Å². The lowest BCUT2D eigenvalue weighted by Crippen LogP contribution is -2.61. The third-order valence-electron chi connectivity index (χ3n) is 5.07. The molecule has 2 saturated heterocycles. The molecule has 4 nitrogen and oxygen atoms in total. The van der Waals surface area contributed by atoms with Crippen molar-refractivity contribution in [2.24, 2.45) is 0 Å². The van der Waals surface area contributed by atoms with E-state index in [4.69, 9.17) is 0 Å². The van der Waals surface area contributed by atoms with E-state index in [1.54, 1.807) is 0 Å². The molecule has 0 bridgehead atoms. The minimum atomic E-state index is -0.633. The van der Waals surface area contributed by atoms with E-state index < -0.39 is 11.5 Å². The Morgan fingerprint density at radius 2 is 1.57 bits per heavy atom. The molecule has 4 heteroatoms. The molecule has 0 aromatic heterocycles. The van der Waals surface area contributed by atoms with Gasteiger partial charge in [0.2, 0.25) is 0 Å². The molecule has 114 valence electrons. The fraction of sp³-hybridized carbons (Fsp3) is 0.588. The summed E-state index contributed by atoms with van der Waals surface area (Å²) in [5.74, 6) is -0.628. The van der Waals surface area contributed by atoms with E-state index in [-0.39, 0.29) is 0 Å². The zero-order valence-corrected chi connectivity index (χ0v) is 12.5. The third-order valence-corrected chi connectivity index (χ3v) is 5.07. The lowest BCUT2D eigenvalue weighted by molar-refractivity contribution is -0.154. The summed E-state index contributed by atoms with van der Waals surface area (Å²) in [6, 6.07) is 10.3. The molecular weight excluding hydrogens is 264 g/mol. The molecule has 0 radical (unpaired) electrons. The zero-order valence-electron chi connectivity index (χ0n) is 12.5. The highest BCUT2D eigenvalue weighted by molar-refractivity contribution is 5.79. The number of carboxylic acids is 1. The number of carbonyl (C=O) groups is 1. The van der Waals surface area contributed by atoms with Gasteiger partial charge in [-0.05, 0) is 50.9 Å². The van der Waals surface area contributed by atoms with Crippen LogP contribution in [0, 0.1) is 0 Å². The number of hydrogen-bond acceptors (Lipinski definition) is 3. The second kappa shape index (κ2) is 6.06. The number of carboxylic acid groups (broad SMARTS) is 1. The molecule has 0 saturated carbocycles. The third kappa shape index (κ3) is 2.77. The first-order valence-electron chi connectivity index (χ1n) is 8.01. The summed E-state index contributed by atoms with van der Waals surface area (Å²) in [5.41, 5.74) is 0.571. The minimum Gasteiger partial charge on any atom is -0.480 e. The Morgan fingerprint density at radius 3 is 2.14 bits per heavy atom. The van der Waals surface area contributed by atoms with Crippen molar-refractivity contribution in [1.82, 2.24) is 4.90 Å². The lowest BCUT2D eigenvalue weighted by Gasteiger charge is -2.47. The van der Waals surface area contributed by atoms with E-state index in [9.17, 15) is 9.90 Å². The maximum absolute atomic E-state index is 12.0. The standard InChI is InChI=1S/C17H24N2O2/c20-16(21)17(19-11-5-2-6-12-19)9-13-18(14-10-17)15-7-3-1-4-8-15/h1,3-4,7-8H,2,5-6,9-14H2,(H,20,21). The van der Waals surface area contributed by atoms with E-state index in [2.05, 4.69) is 21.9 Å². The number of piperidine rings is 2. The molecule has 0 atom stereocenters. The number of para-hydroxylation sites is 1. The summed E-state index contributed by atoms with van der Waals surface area (Å²) in [4.78, 5) is 16.5. The van der Waals surface area contributed by atoms with Gasteiger partial charge in [-0.15, -0.1) is 0 Å². The predicted molar refractivity (Wildman–Crippen MR) is 83.7 cm³/mol. The van der Waals surface area contributed by atoms with Gasteiger partial charge in [0.05, 0.1) is 0 Å². The van der Waals surface area contributed by atoms with Crippen molar-refractivity contribution in [2.75, 3.05) is 31.1 Å². The summed E-state index contributed by atoms with van der Waals surface area (Å²) in [7, 11) is 0. The molecule has 0 amide bonds. The summed E-state index contributed by atoms with van der Waals surface area (Å²) in [6.07, 6.45) is 4.95. The van der Waals surface area contributed by atoms with Crippen LogP contribution in [0.15, 0.2) is 30.3 Å². The molecule has 2 fully saturated rings. The first-order chi connectivity index (χ1) is 10.2. The highest BCUT2D eigenvalue weighted by atomic mass is 16.4. The van der Waals surface area contributed by atoms with Gasteiger partial charge < -0.3 is 10.0 Å². The van der Waals surface area contributed by atoms with Gasteiger partial charge in [0.1, 0.15) is 5.54 Å². The topological polar surface area (TPSA) is 43.8 Å². The van der Waals surface area contributed by atoms with Gasteiger partial charge in [-0.3, -0.25) is 9.69 Å². The van der Waals surface area contributed by atoms with Crippen molar-refractivity contribution in [3.8, 4) is 0 Å². The number of hydrogen-bond donors (Lipinski definition) is 1. The van der Waals surface area contributed by atoms with E-state index in [1.165, 1.54) is 12.1 Å². The maximum Gasteiger partial charge on any atom is 0.324 e. The summed E-state index contributed by atoms with van der Waals surface area (Å²) < 4.78 is 0. The van der Waals surface area contributed by atoms with Crippen molar-refractivity contribution in [3.63, 3.8) is 0 Å². The van der Waals surface area contributed by atoms with Gasteiger partial charge in [0.25, 0.3) is 0 Å². The largest absolute Gasteiger partial charge is 0.480 e. The van der Waals surface area contributed by atoms with Gasteiger partial charge in [0, 0.05) is 18.8 Å². The number of benzene rings is 1. The average molecular weight is 288 g/mol. The van der Waals surface area contributed by atoms with Gasteiger partial charge >= 0.3 is 5.97 Å². The molecule has 1 aromatic rings. The Labute approximate surface area is 126 Å². The van der Waals surface area contributed by atoms with Crippen molar-refractivity contribution < 1.29 is 9.90 Å². The van der Waals surface area contributed by atoms with Gasteiger partial charge in [-0.2, -0.15) is 0 Å². The fourth-order valence-corrected chi connectivity index (χ4v) is 3.76. The van der Waals surface area contributed by atoms with Crippen LogP contribution in [0.1, 0.15) is 32.1 Å². The number of nitrogens with zero attached hydrogens (tertiary/aromatic N) is 2. The van der Waals surface area contributed by atoms with Crippen LogP contribution in [0.5, 0.6) is 0 Å². The molecular formula is C17H24N2O2. The summed E-state index contributed by atoms with van der Waals surface area (Å²) >= 11 is 0. The molecule has 3 rings (SSSR count). The highest BCUT2D eigenvalue weighted by Gasteiger charge is 2.46. The number of anilines is 1. The van der Waals surface area contributed by atoms with Crippen LogP contribution in [0.25, 0.3) is 0 Å². The van der Waals surface area contributed by atoms with E-state index in [0.29, 0.717) is 0 Å². The maximum atomic E-state index is 12.0. The SMILES string of the molecule is O=C(O)C1(N2CCCCC2)CCN(c2ccccc2)CC1. The molecule has 2 aliphatic heterocycles. The van der Waals surface area contributed by atoms with Crippen molar-refractivity contribution >= 4 is 11.7 Å². The Kier molecular flexibility index (Phi) is 4.15. The number of rotatable bonds is 3. The molecule has 1 aromatic carbocycles. The smallest absolute Gasteiger partial charge is 0.324 e. The fourth-order valence-electron chi connectivity index (χ4n) is 3.76. The summed E-state index contributed by atoms with van der Waals surface area (Å²) in [6.45, 7) is 3.54. The van der Waals surface area contributed by atoms with E-state index in [1.807, 2.05) is 18.2 Å². The normalized spacial score (nSPS) is 23.0. The average Bonchev–Trinajstić information content (AvgIpc) is 2.56. The number of likely N-dealkylation sites (tertiary alicyclic amines) is 1. The van der Waals surface area contributed by atoms with Crippen LogP contribution in [0.3, 0.4) is 0 Å². The lowest BCUT2D eigenvalue weighted by atomic mass is 9.84. The zero-order chi connectivity index (χ0) is 14.7. The molecule has 0 spiro atoms. The monoisotopic (exact) mass is 288 g/mol.